The molecular formula is C44H72NO4P. The third-order valence-electron chi connectivity index (χ3n) is 11.4. The number of hydrogen-bond acceptors (Lipinski definition) is 5. The van der Waals surface area contributed by atoms with Crippen LogP contribution in [-0.2, 0) is 18.4 Å². The van der Waals surface area contributed by atoms with Crippen molar-refractivity contribution in [3.05, 3.63) is 57.4 Å². The second kappa shape index (κ2) is 13.9. The first-order valence-electron chi connectivity index (χ1n) is 19.7. The Morgan fingerprint density at radius 3 is 1.82 bits per heavy atom. The number of allylic oxidation sites excluding steroid dienone is 7. The second-order valence-corrected chi connectivity index (χ2v) is 22.3. The molecule has 50 heavy (non-hydrogen) atoms. The van der Waals surface area contributed by atoms with Crippen molar-refractivity contribution in [3.63, 3.8) is 0 Å². The standard InChI is InChI=1S/C44H72NO4P/c1-39(2,3)29-22-23-33-34-25-30(40(4,5)6)26-36(41(7,8)9)37(34)48-50(49-38(35(33)24-29)42(10,11)12)47-32-27-43(13,14)45(44(15,16)28-32)46-31-20-18-17-19-21-31/h24-26,31-32,37H,17-23,27-28H2,1-16H3/b34-33-,38-35?. The molecule has 0 aromatic heterocycles. The quantitative estimate of drug-likeness (QED) is 0.272. The minimum absolute atomic E-state index is 0.00221. The van der Waals surface area contributed by atoms with Crippen molar-refractivity contribution in [2.75, 3.05) is 0 Å². The SMILES string of the molecule is CC(C)(C)C1=C/C2=C3\CCC(C(C)(C)C)=CC3=C(C(C)(C)C)OP(OC3CC(C)(C)N(OC4CCCCC4)C(C)(C)C3)OC2C(C(C)(C)C)=C1. The molecule has 2 atom stereocenters. The van der Waals surface area contributed by atoms with E-state index in [4.69, 9.17) is 18.4 Å². The summed E-state index contributed by atoms with van der Waals surface area (Å²) in [7, 11) is -1.74. The monoisotopic (exact) mass is 710 g/mol. The van der Waals surface area contributed by atoms with E-state index in [1.54, 1.807) is 0 Å². The van der Waals surface area contributed by atoms with Gasteiger partial charge in [0.1, 0.15) is 11.9 Å². The number of fused-ring (bicyclic) bond motifs is 2. The fourth-order valence-electron chi connectivity index (χ4n) is 8.71. The molecule has 0 radical (unpaired) electrons. The molecule has 1 saturated carbocycles. The Balaban J connectivity index is 1.60. The third kappa shape index (κ3) is 8.76. The number of rotatable bonds is 4. The Labute approximate surface area is 308 Å². The molecule has 5 rings (SSSR count). The molecular weight excluding hydrogens is 637 g/mol. The maximum absolute atomic E-state index is 7.30. The van der Waals surface area contributed by atoms with Crippen LogP contribution >= 0.6 is 8.60 Å². The van der Waals surface area contributed by atoms with Crippen LogP contribution in [0.5, 0.6) is 0 Å². The molecule has 1 saturated heterocycles. The van der Waals surface area contributed by atoms with Gasteiger partial charge in [-0.25, -0.2) is 0 Å². The van der Waals surface area contributed by atoms with Crippen molar-refractivity contribution >= 4 is 8.60 Å². The molecule has 5 aliphatic rings. The van der Waals surface area contributed by atoms with Crippen LogP contribution in [0.1, 0.15) is 169 Å². The van der Waals surface area contributed by atoms with Crippen LogP contribution in [0.25, 0.3) is 0 Å². The van der Waals surface area contributed by atoms with Gasteiger partial charge in [0.25, 0.3) is 0 Å². The van der Waals surface area contributed by atoms with Crippen molar-refractivity contribution < 1.29 is 18.4 Å². The predicted octanol–water partition coefficient (Wildman–Crippen LogP) is 13.3. The van der Waals surface area contributed by atoms with Gasteiger partial charge >= 0.3 is 8.60 Å². The Hall–Kier alpha value is -1.23. The minimum atomic E-state index is -1.74. The minimum Gasteiger partial charge on any atom is -0.430 e. The van der Waals surface area contributed by atoms with Gasteiger partial charge in [0.15, 0.2) is 0 Å². The highest BCUT2D eigenvalue weighted by atomic mass is 31.2. The lowest BCUT2D eigenvalue weighted by molar-refractivity contribution is -0.316. The first-order chi connectivity index (χ1) is 22.8. The predicted molar refractivity (Wildman–Crippen MR) is 210 cm³/mol. The second-order valence-electron chi connectivity index (χ2n) is 21.3. The van der Waals surface area contributed by atoms with E-state index >= 15 is 0 Å². The van der Waals surface area contributed by atoms with Gasteiger partial charge < -0.3 is 4.52 Å². The Kier molecular flexibility index (Phi) is 11.1. The first-order valence-corrected chi connectivity index (χ1v) is 20.8. The zero-order valence-electron chi connectivity index (χ0n) is 34.9. The van der Waals surface area contributed by atoms with E-state index in [1.165, 1.54) is 52.7 Å². The summed E-state index contributed by atoms with van der Waals surface area (Å²) in [5.41, 5.74) is 7.34. The number of nitrogens with zero attached hydrogens (tertiary/aromatic N) is 1. The molecule has 2 aliphatic heterocycles. The van der Waals surface area contributed by atoms with Gasteiger partial charge in [-0.2, -0.15) is 5.06 Å². The first kappa shape index (κ1) is 40.0. The summed E-state index contributed by atoms with van der Waals surface area (Å²) < 4.78 is 21.7. The summed E-state index contributed by atoms with van der Waals surface area (Å²) in [5.74, 6) is 0.986. The lowest BCUT2D eigenvalue weighted by Crippen LogP contribution is -2.62. The molecule has 3 aliphatic carbocycles. The Bertz CT molecular complexity index is 1420. The molecule has 2 heterocycles. The Morgan fingerprint density at radius 1 is 0.700 bits per heavy atom. The topological polar surface area (TPSA) is 40.2 Å². The highest BCUT2D eigenvalue weighted by molar-refractivity contribution is 7.41. The smallest absolute Gasteiger partial charge is 0.398 e. The van der Waals surface area contributed by atoms with Crippen molar-refractivity contribution in [1.29, 1.82) is 0 Å². The molecule has 5 nitrogen and oxygen atoms in total. The number of piperidine rings is 1. The fourth-order valence-corrected chi connectivity index (χ4v) is 10.2. The molecule has 282 valence electrons. The van der Waals surface area contributed by atoms with Crippen LogP contribution in [0.3, 0.4) is 0 Å². The van der Waals surface area contributed by atoms with Gasteiger partial charge in [-0.15, -0.1) is 0 Å². The van der Waals surface area contributed by atoms with Crippen molar-refractivity contribution in [3.8, 4) is 0 Å². The van der Waals surface area contributed by atoms with E-state index in [1.807, 2.05) is 0 Å². The zero-order chi connectivity index (χ0) is 37.2. The van der Waals surface area contributed by atoms with E-state index in [0.29, 0.717) is 6.10 Å². The largest absolute Gasteiger partial charge is 0.430 e. The van der Waals surface area contributed by atoms with E-state index in [-0.39, 0.29) is 44.9 Å². The molecule has 2 unspecified atom stereocenters. The van der Waals surface area contributed by atoms with E-state index < -0.39 is 8.60 Å². The number of hydrogen-bond donors (Lipinski definition) is 0. The molecule has 2 fully saturated rings. The lowest BCUT2D eigenvalue weighted by atomic mass is 9.69. The Morgan fingerprint density at radius 2 is 1.30 bits per heavy atom. The molecule has 0 bridgehead atoms. The molecule has 0 spiro atoms. The van der Waals surface area contributed by atoms with Crippen LogP contribution in [-0.4, -0.2) is 34.5 Å². The third-order valence-corrected chi connectivity index (χ3v) is 12.6. The summed E-state index contributed by atoms with van der Waals surface area (Å²) >= 11 is 0. The fraction of sp³-hybridized carbons (Fsp3) is 0.773. The molecule has 0 aromatic rings. The van der Waals surface area contributed by atoms with Crippen LogP contribution in [0.2, 0.25) is 0 Å². The van der Waals surface area contributed by atoms with Crippen LogP contribution in [0.15, 0.2) is 57.4 Å². The maximum Gasteiger partial charge on any atom is 0.398 e. The average molecular weight is 710 g/mol. The molecule has 0 N–H and O–H groups in total. The normalized spacial score (nSPS) is 29.2. The van der Waals surface area contributed by atoms with Crippen molar-refractivity contribution in [2.24, 2.45) is 21.7 Å². The summed E-state index contributed by atoms with van der Waals surface area (Å²) in [4.78, 5) is 6.84. The van der Waals surface area contributed by atoms with Crippen LogP contribution in [0, 0.1) is 21.7 Å². The lowest BCUT2D eigenvalue weighted by Gasteiger charge is -2.54. The van der Waals surface area contributed by atoms with E-state index in [9.17, 15) is 0 Å². The van der Waals surface area contributed by atoms with E-state index in [0.717, 1.165) is 44.3 Å². The van der Waals surface area contributed by atoms with E-state index in [2.05, 4.69) is 134 Å². The molecule has 0 aromatic carbocycles. The number of hydroxylamine groups is 2. The molecule has 0 amide bonds. The zero-order valence-corrected chi connectivity index (χ0v) is 35.7. The van der Waals surface area contributed by atoms with Gasteiger partial charge in [-0.1, -0.05) is 126 Å². The average Bonchev–Trinajstić information content (AvgIpc) is 2.94. The van der Waals surface area contributed by atoms with Gasteiger partial charge in [0.05, 0.1) is 12.2 Å². The summed E-state index contributed by atoms with van der Waals surface area (Å²) in [6, 6.07) is 0. The van der Waals surface area contributed by atoms with Crippen molar-refractivity contribution in [2.45, 2.75) is 198 Å². The maximum atomic E-state index is 7.30. The van der Waals surface area contributed by atoms with Gasteiger partial charge in [0, 0.05) is 22.1 Å². The van der Waals surface area contributed by atoms with Crippen LogP contribution < -0.4 is 0 Å². The van der Waals surface area contributed by atoms with Gasteiger partial charge in [-0.05, 0) is 105 Å². The highest BCUT2D eigenvalue weighted by Crippen LogP contribution is 2.59. The highest BCUT2D eigenvalue weighted by Gasteiger charge is 2.50. The van der Waals surface area contributed by atoms with Gasteiger partial charge in [-0.3, -0.25) is 13.9 Å². The van der Waals surface area contributed by atoms with Gasteiger partial charge in [0.2, 0.25) is 0 Å². The summed E-state index contributed by atoms with van der Waals surface area (Å²) in [6.07, 6.45) is 17.2. The summed E-state index contributed by atoms with van der Waals surface area (Å²) in [5, 5.41) is 2.32. The van der Waals surface area contributed by atoms with Crippen molar-refractivity contribution in [1.82, 2.24) is 5.06 Å². The molecule has 6 heteroatoms. The summed E-state index contributed by atoms with van der Waals surface area (Å²) in [6.45, 7) is 37.0. The van der Waals surface area contributed by atoms with Crippen LogP contribution in [0.4, 0.5) is 0 Å².